The Morgan fingerprint density at radius 3 is 2.40 bits per heavy atom. The Bertz CT molecular complexity index is 1380. The molecule has 3 aromatic rings. The van der Waals surface area contributed by atoms with E-state index < -0.39 is 0 Å². The van der Waals surface area contributed by atoms with Crippen LogP contribution in [-0.2, 0) is 10.3 Å². The summed E-state index contributed by atoms with van der Waals surface area (Å²) in [6.45, 7) is 4.05. The second-order valence-electron chi connectivity index (χ2n) is 10.7. The van der Waals surface area contributed by atoms with Crippen molar-refractivity contribution in [1.29, 1.82) is 0 Å². The van der Waals surface area contributed by atoms with Crippen molar-refractivity contribution in [2.75, 3.05) is 26.7 Å². The second-order valence-corrected chi connectivity index (χ2v) is 11.5. The molecule has 2 N–H and O–H groups in total. The van der Waals surface area contributed by atoms with Crippen molar-refractivity contribution >= 4 is 47.4 Å². The standard InChI is InChI=1S/C31H33Cl2N3O3.ClH/c1-20(37)34-31(22-6-4-3-5-7-22)13-16-36(17-14-31)15-12-24(21-8-11-27(32)28(33)18-21)29-26-19-23(38)9-10-25(26)30(39)35(29)2;/h3-11,18-19,24,29,38H,12-17H2,1-2H3,(H,34,37);1H. The van der Waals surface area contributed by atoms with Crippen LogP contribution in [0.2, 0.25) is 10.0 Å². The number of hydrogen-bond acceptors (Lipinski definition) is 4. The molecule has 6 nitrogen and oxygen atoms in total. The molecule has 9 heteroatoms. The zero-order valence-corrected chi connectivity index (χ0v) is 24.9. The van der Waals surface area contributed by atoms with Crippen LogP contribution in [-0.4, -0.2) is 53.4 Å². The summed E-state index contributed by atoms with van der Waals surface area (Å²) in [5, 5.41) is 14.5. The average Bonchev–Trinajstić information content (AvgIpc) is 3.16. The van der Waals surface area contributed by atoms with Crippen molar-refractivity contribution in [2.24, 2.45) is 0 Å². The molecular formula is C31H34Cl3N3O3. The molecule has 0 aromatic heterocycles. The van der Waals surface area contributed by atoms with Gasteiger partial charge >= 0.3 is 0 Å². The average molecular weight is 603 g/mol. The fourth-order valence-corrected chi connectivity index (χ4v) is 6.62. The monoisotopic (exact) mass is 601 g/mol. The Balaban J connectivity index is 0.00000370. The quantitative estimate of drug-likeness (QED) is 0.322. The van der Waals surface area contributed by atoms with Gasteiger partial charge in [0.25, 0.3) is 5.91 Å². The number of halogens is 3. The molecule has 1 fully saturated rings. The molecule has 0 bridgehead atoms. The largest absolute Gasteiger partial charge is 0.508 e. The van der Waals surface area contributed by atoms with E-state index in [0.29, 0.717) is 15.6 Å². The number of amides is 2. The molecule has 2 heterocycles. The van der Waals surface area contributed by atoms with Crippen molar-refractivity contribution in [3.8, 4) is 5.75 Å². The third-order valence-corrected chi connectivity index (χ3v) is 9.02. The predicted molar refractivity (Wildman–Crippen MR) is 162 cm³/mol. The number of likely N-dealkylation sites (tertiary alicyclic amines) is 1. The van der Waals surface area contributed by atoms with Gasteiger partial charge in [-0.15, -0.1) is 12.4 Å². The second kappa shape index (κ2) is 12.4. The molecule has 2 amide bonds. The van der Waals surface area contributed by atoms with Crippen molar-refractivity contribution in [3.63, 3.8) is 0 Å². The van der Waals surface area contributed by atoms with Gasteiger partial charge in [0.15, 0.2) is 0 Å². The van der Waals surface area contributed by atoms with Crippen molar-refractivity contribution in [2.45, 2.75) is 43.7 Å². The van der Waals surface area contributed by atoms with Crippen LogP contribution >= 0.6 is 35.6 Å². The normalized spacial score (nSPS) is 19.1. The molecular weight excluding hydrogens is 569 g/mol. The minimum atomic E-state index is -0.374. The summed E-state index contributed by atoms with van der Waals surface area (Å²) in [6.07, 6.45) is 2.40. The Hall–Kier alpha value is -2.77. The summed E-state index contributed by atoms with van der Waals surface area (Å²) < 4.78 is 0. The van der Waals surface area contributed by atoms with E-state index in [-0.39, 0.29) is 47.5 Å². The number of hydrogen-bond donors (Lipinski definition) is 2. The molecule has 0 radical (unpaired) electrons. The van der Waals surface area contributed by atoms with Crippen LogP contribution < -0.4 is 5.32 Å². The Morgan fingerprint density at radius 2 is 1.75 bits per heavy atom. The third kappa shape index (κ3) is 5.96. The molecule has 1 saturated heterocycles. The molecule has 3 aromatic carbocycles. The molecule has 0 saturated carbocycles. The number of benzene rings is 3. The van der Waals surface area contributed by atoms with E-state index >= 15 is 0 Å². The number of carbonyl (C=O) groups is 2. The number of nitrogens with one attached hydrogen (secondary N) is 1. The minimum Gasteiger partial charge on any atom is -0.508 e. The molecule has 0 spiro atoms. The highest BCUT2D eigenvalue weighted by Crippen LogP contribution is 2.46. The van der Waals surface area contributed by atoms with Crippen molar-refractivity contribution in [3.05, 3.63) is 99.0 Å². The van der Waals surface area contributed by atoms with Gasteiger partial charge in [-0.1, -0.05) is 59.6 Å². The summed E-state index contributed by atoms with van der Waals surface area (Å²) in [7, 11) is 1.82. The van der Waals surface area contributed by atoms with Crippen LogP contribution in [0.4, 0.5) is 0 Å². The maximum atomic E-state index is 13.1. The fraction of sp³-hybridized carbons (Fsp3) is 0.355. The molecule has 2 aliphatic rings. The van der Waals surface area contributed by atoms with Gasteiger partial charge in [0.05, 0.1) is 21.6 Å². The summed E-state index contributed by atoms with van der Waals surface area (Å²) in [4.78, 5) is 29.4. The van der Waals surface area contributed by atoms with E-state index in [4.69, 9.17) is 23.2 Å². The van der Waals surface area contributed by atoms with Crippen LogP contribution in [0, 0.1) is 0 Å². The van der Waals surface area contributed by atoms with E-state index in [1.165, 1.54) is 0 Å². The van der Waals surface area contributed by atoms with Gasteiger partial charge < -0.3 is 20.2 Å². The van der Waals surface area contributed by atoms with Gasteiger partial charge in [-0.25, -0.2) is 0 Å². The zero-order valence-electron chi connectivity index (χ0n) is 22.6. The summed E-state index contributed by atoms with van der Waals surface area (Å²) in [5.41, 5.74) is 3.20. The maximum Gasteiger partial charge on any atom is 0.254 e. The topological polar surface area (TPSA) is 72.9 Å². The highest BCUT2D eigenvalue weighted by Gasteiger charge is 2.41. The molecule has 212 valence electrons. The Labute approximate surface area is 251 Å². The van der Waals surface area contributed by atoms with Crippen LogP contribution in [0.3, 0.4) is 0 Å². The highest BCUT2D eigenvalue weighted by atomic mass is 35.5. The van der Waals surface area contributed by atoms with Gasteiger partial charge in [0.1, 0.15) is 5.75 Å². The lowest BCUT2D eigenvalue weighted by atomic mass is 9.80. The molecule has 5 rings (SSSR count). The summed E-state index contributed by atoms with van der Waals surface area (Å²) in [6, 6.07) is 20.6. The first-order chi connectivity index (χ1) is 18.7. The molecule has 2 atom stereocenters. The van der Waals surface area contributed by atoms with Gasteiger partial charge in [0.2, 0.25) is 5.91 Å². The molecule has 0 aliphatic carbocycles. The number of rotatable bonds is 7. The van der Waals surface area contributed by atoms with Gasteiger partial charge in [-0.3, -0.25) is 9.59 Å². The number of carbonyl (C=O) groups excluding carboxylic acids is 2. The number of nitrogens with zero attached hydrogens (tertiary/aromatic N) is 2. The van der Waals surface area contributed by atoms with Crippen molar-refractivity contribution in [1.82, 2.24) is 15.1 Å². The Morgan fingerprint density at radius 1 is 1.05 bits per heavy atom. The number of aromatic hydroxyl groups is 1. The Kier molecular flexibility index (Phi) is 9.36. The summed E-state index contributed by atoms with van der Waals surface area (Å²) in [5.74, 6) is -0.00210. The first-order valence-corrected chi connectivity index (χ1v) is 14.1. The van der Waals surface area contributed by atoms with E-state index in [1.807, 2.05) is 37.4 Å². The number of phenols is 1. The van der Waals surface area contributed by atoms with E-state index in [2.05, 4.69) is 22.3 Å². The minimum absolute atomic E-state index is 0. The van der Waals surface area contributed by atoms with Gasteiger partial charge in [0, 0.05) is 38.5 Å². The number of likely N-dealkylation sites (N-methyl/N-ethyl adjacent to an activating group) is 1. The van der Waals surface area contributed by atoms with Gasteiger partial charge in [-0.05, 0) is 72.8 Å². The van der Waals surface area contributed by atoms with Crippen LogP contribution in [0.5, 0.6) is 5.75 Å². The van der Waals surface area contributed by atoms with E-state index in [0.717, 1.165) is 55.6 Å². The molecule has 2 aliphatic heterocycles. The van der Waals surface area contributed by atoms with E-state index in [1.54, 1.807) is 36.1 Å². The zero-order chi connectivity index (χ0) is 27.7. The summed E-state index contributed by atoms with van der Waals surface area (Å²) >= 11 is 12.7. The van der Waals surface area contributed by atoms with Crippen molar-refractivity contribution < 1.29 is 14.7 Å². The lowest BCUT2D eigenvalue weighted by Gasteiger charge is -2.43. The van der Waals surface area contributed by atoms with Crippen LogP contribution in [0.15, 0.2) is 66.7 Å². The van der Waals surface area contributed by atoms with E-state index in [9.17, 15) is 14.7 Å². The SMILES string of the molecule is CC(=O)NC1(c2ccccc2)CCN(CCC(c2ccc(Cl)c(Cl)c2)C2c3cc(O)ccc3C(=O)N2C)CC1.Cl. The maximum absolute atomic E-state index is 13.1. The molecule has 40 heavy (non-hydrogen) atoms. The predicted octanol–water partition coefficient (Wildman–Crippen LogP) is 6.55. The smallest absolute Gasteiger partial charge is 0.254 e. The number of piperidine rings is 1. The number of fused-ring (bicyclic) bond motifs is 1. The first kappa shape index (κ1) is 30.2. The van der Waals surface area contributed by atoms with Crippen LogP contribution in [0.1, 0.15) is 65.2 Å². The molecule has 2 unspecified atom stereocenters. The lowest BCUT2D eigenvalue weighted by Crippen LogP contribution is -2.52. The highest BCUT2D eigenvalue weighted by molar-refractivity contribution is 6.42. The first-order valence-electron chi connectivity index (χ1n) is 13.3. The van der Waals surface area contributed by atoms with Crippen LogP contribution in [0.25, 0.3) is 0 Å². The lowest BCUT2D eigenvalue weighted by molar-refractivity contribution is -0.121. The number of phenolic OH excluding ortho intramolecular Hbond substituents is 1. The fourth-order valence-electron chi connectivity index (χ4n) is 6.31. The van der Waals surface area contributed by atoms with Gasteiger partial charge in [-0.2, -0.15) is 0 Å². The third-order valence-electron chi connectivity index (χ3n) is 8.28.